The highest BCUT2D eigenvalue weighted by Gasteiger charge is 2.06. The third kappa shape index (κ3) is 5.32. The lowest BCUT2D eigenvalue weighted by Crippen LogP contribution is -2.29. The van der Waals surface area contributed by atoms with Crippen LogP contribution in [0.15, 0.2) is 58.8 Å². The summed E-state index contributed by atoms with van der Waals surface area (Å²) in [5.74, 6) is -1.15. The van der Waals surface area contributed by atoms with Crippen molar-refractivity contribution in [1.82, 2.24) is 15.4 Å². The van der Waals surface area contributed by atoms with Crippen LogP contribution in [0.1, 0.15) is 5.56 Å². The Labute approximate surface area is 158 Å². The van der Waals surface area contributed by atoms with E-state index >= 15 is 0 Å². The zero-order valence-corrected chi connectivity index (χ0v) is 14.9. The molecule has 0 spiro atoms. The van der Waals surface area contributed by atoms with Gasteiger partial charge in [-0.1, -0.05) is 36.0 Å². The van der Waals surface area contributed by atoms with E-state index in [-0.39, 0.29) is 11.7 Å². The molecular weight excluding hydrogens is 368 g/mol. The third-order valence-corrected chi connectivity index (χ3v) is 4.24. The Balaban J connectivity index is 1.52. The van der Waals surface area contributed by atoms with E-state index in [1.807, 2.05) is 24.3 Å². The number of hydrazone groups is 1. The van der Waals surface area contributed by atoms with Gasteiger partial charge in [-0.25, -0.2) is 10.4 Å². The van der Waals surface area contributed by atoms with Crippen LogP contribution >= 0.6 is 11.8 Å². The van der Waals surface area contributed by atoms with Crippen molar-refractivity contribution in [1.29, 1.82) is 0 Å². The second kappa shape index (κ2) is 8.86. The molecule has 1 amide bonds. The normalized spacial score (nSPS) is 11.0. The molecule has 0 radical (unpaired) electrons. The zero-order chi connectivity index (χ0) is 19.1. The van der Waals surface area contributed by atoms with Gasteiger partial charge in [0.05, 0.1) is 29.0 Å². The molecule has 138 valence electrons. The predicted molar refractivity (Wildman–Crippen MR) is 99.5 cm³/mol. The lowest BCUT2D eigenvalue weighted by Gasteiger charge is -2.08. The second-order valence-electron chi connectivity index (χ2n) is 5.34. The lowest BCUT2D eigenvalue weighted by molar-refractivity contribution is -0.307. The van der Waals surface area contributed by atoms with Gasteiger partial charge in [0.25, 0.3) is 5.91 Å². The van der Waals surface area contributed by atoms with Crippen LogP contribution in [-0.2, 0) is 9.59 Å². The largest absolute Gasteiger partial charge is 0.546 e. The molecule has 3 aromatic rings. The number of aromatic amines is 1. The average Bonchev–Trinajstić information content (AvgIpc) is 3.08. The van der Waals surface area contributed by atoms with E-state index in [0.29, 0.717) is 16.5 Å². The number of carbonyl (C=O) groups is 2. The Hall–Kier alpha value is -3.33. The van der Waals surface area contributed by atoms with Gasteiger partial charge in [0.15, 0.2) is 5.16 Å². The van der Waals surface area contributed by atoms with Crippen LogP contribution in [-0.4, -0.2) is 40.4 Å². The quantitative estimate of drug-likeness (QED) is 0.339. The molecular formula is C18H15N4O4S-. The first-order valence-electron chi connectivity index (χ1n) is 7.93. The number of hydrogen-bond donors (Lipinski definition) is 2. The zero-order valence-electron chi connectivity index (χ0n) is 14.0. The molecule has 2 aromatic carbocycles. The SMILES string of the molecule is O=C([O-])COc1ccccc1/C=N\NC(=O)CSc1nc2ccccc2[nH]1. The molecule has 8 nitrogen and oxygen atoms in total. The van der Waals surface area contributed by atoms with E-state index in [1.165, 1.54) is 18.0 Å². The molecule has 3 rings (SSSR count). The second-order valence-corrected chi connectivity index (χ2v) is 6.30. The number of imidazole rings is 1. The summed E-state index contributed by atoms with van der Waals surface area (Å²) >= 11 is 1.27. The van der Waals surface area contributed by atoms with Gasteiger partial charge in [0.1, 0.15) is 12.4 Å². The number of aliphatic carboxylic acids is 1. The Morgan fingerprint density at radius 1 is 1.22 bits per heavy atom. The summed E-state index contributed by atoms with van der Waals surface area (Å²) in [7, 11) is 0. The fourth-order valence-corrected chi connectivity index (χ4v) is 2.87. The van der Waals surface area contributed by atoms with Crippen LogP contribution in [0.3, 0.4) is 0 Å². The Morgan fingerprint density at radius 3 is 2.81 bits per heavy atom. The van der Waals surface area contributed by atoms with E-state index < -0.39 is 12.6 Å². The van der Waals surface area contributed by atoms with E-state index in [2.05, 4.69) is 20.5 Å². The van der Waals surface area contributed by atoms with Crippen molar-refractivity contribution in [3.05, 3.63) is 54.1 Å². The highest BCUT2D eigenvalue weighted by molar-refractivity contribution is 7.99. The van der Waals surface area contributed by atoms with Gasteiger partial charge < -0.3 is 19.6 Å². The standard InChI is InChI=1S/C18H16N4O4S/c23-16(11-27-18-20-13-6-2-3-7-14(13)21-18)22-19-9-12-5-1-4-8-15(12)26-10-17(24)25/h1-9H,10-11H2,(H,20,21)(H,22,23)(H,24,25)/p-1/b19-9-. The molecule has 0 saturated carbocycles. The number of fused-ring (bicyclic) bond motifs is 1. The topological polar surface area (TPSA) is 120 Å². The number of thioether (sulfide) groups is 1. The van der Waals surface area contributed by atoms with Crippen LogP contribution in [0.4, 0.5) is 0 Å². The van der Waals surface area contributed by atoms with Gasteiger partial charge in [-0.2, -0.15) is 5.10 Å². The van der Waals surface area contributed by atoms with Crippen LogP contribution < -0.4 is 15.3 Å². The minimum atomic E-state index is -1.32. The van der Waals surface area contributed by atoms with E-state index in [9.17, 15) is 14.7 Å². The molecule has 1 aromatic heterocycles. The number of H-pyrrole nitrogens is 1. The first kappa shape index (κ1) is 18.5. The summed E-state index contributed by atoms with van der Waals surface area (Å²) in [4.78, 5) is 29.9. The van der Waals surface area contributed by atoms with Crippen molar-refractivity contribution in [3.8, 4) is 5.75 Å². The van der Waals surface area contributed by atoms with Crippen LogP contribution in [0.2, 0.25) is 0 Å². The molecule has 0 atom stereocenters. The predicted octanol–water partition coefficient (Wildman–Crippen LogP) is 0.934. The maximum absolute atomic E-state index is 11.9. The van der Waals surface area contributed by atoms with Gasteiger partial charge in [0.2, 0.25) is 0 Å². The molecule has 9 heteroatoms. The molecule has 0 aliphatic carbocycles. The number of amides is 1. The fourth-order valence-electron chi connectivity index (χ4n) is 2.19. The summed E-state index contributed by atoms with van der Waals surface area (Å²) in [5, 5.41) is 15.0. The number of carboxylic acid groups (broad SMARTS) is 1. The van der Waals surface area contributed by atoms with E-state index in [4.69, 9.17) is 4.74 Å². The number of benzene rings is 2. The number of rotatable bonds is 8. The summed E-state index contributed by atoms with van der Waals surface area (Å²) in [6.45, 7) is -0.564. The smallest absolute Gasteiger partial charge is 0.250 e. The van der Waals surface area contributed by atoms with Crippen LogP contribution in [0.5, 0.6) is 5.75 Å². The molecule has 0 aliphatic heterocycles. The molecule has 0 bridgehead atoms. The maximum atomic E-state index is 11.9. The van der Waals surface area contributed by atoms with Gasteiger partial charge in [-0.3, -0.25) is 4.79 Å². The summed E-state index contributed by atoms with van der Waals surface area (Å²) in [5.41, 5.74) is 4.69. The number of nitrogens with zero attached hydrogens (tertiary/aromatic N) is 2. The number of nitrogens with one attached hydrogen (secondary N) is 2. The average molecular weight is 383 g/mol. The van der Waals surface area contributed by atoms with E-state index in [0.717, 1.165) is 11.0 Å². The maximum Gasteiger partial charge on any atom is 0.250 e. The number of hydrogen-bond acceptors (Lipinski definition) is 7. The molecule has 0 saturated heterocycles. The first-order chi connectivity index (χ1) is 13.1. The molecule has 0 unspecified atom stereocenters. The monoisotopic (exact) mass is 383 g/mol. The molecule has 27 heavy (non-hydrogen) atoms. The molecule has 0 aliphatic rings. The van der Waals surface area contributed by atoms with Gasteiger partial charge >= 0.3 is 0 Å². The Bertz CT molecular complexity index is 953. The highest BCUT2D eigenvalue weighted by atomic mass is 32.2. The number of carbonyl (C=O) groups excluding carboxylic acids is 2. The van der Waals surface area contributed by atoms with Crippen molar-refractivity contribution in [2.24, 2.45) is 5.10 Å². The molecule has 1 heterocycles. The van der Waals surface area contributed by atoms with Crippen molar-refractivity contribution in [2.75, 3.05) is 12.4 Å². The number of para-hydroxylation sites is 3. The first-order valence-corrected chi connectivity index (χ1v) is 8.91. The van der Waals surface area contributed by atoms with Crippen molar-refractivity contribution in [2.45, 2.75) is 5.16 Å². The van der Waals surface area contributed by atoms with Gasteiger partial charge in [-0.05, 0) is 24.3 Å². The van der Waals surface area contributed by atoms with Crippen LogP contribution in [0.25, 0.3) is 11.0 Å². The fraction of sp³-hybridized carbons (Fsp3) is 0.111. The summed E-state index contributed by atoms with van der Waals surface area (Å²) < 4.78 is 5.11. The van der Waals surface area contributed by atoms with Gasteiger partial charge in [0, 0.05) is 5.56 Å². The lowest BCUT2D eigenvalue weighted by atomic mass is 10.2. The van der Waals surface area contributed by atoms with Gasteiger partial charge in [-0.15, -0.1) is 0 Å². The minimum absolute atomic E-state index is 0.139. The van der Waals surface area contributed by atoms with Crippen molar-refractivity contribution in [3.63, 3.8) is 0 Å². The molecule has 2 N–H and O–H groups in total. The number of aromatic nitrogens is 2. The Morgan fingerprint density at radius 2 is 2.00 bits per heavy atom. The summed E-state index contributed by atoms with van der Waals surface area (Å²) in [6.07, 6.45) is 1.38. The van der Waals surface area contributed by atoms with E-state index in [1.54, 1.807) is 24.3 Å². The van der Waals surface area contributed by atoms with Crippen molar-refractivity contribution >= 4 is 40.9 Å². The van der Waals surface area contributed by atoms with Crippen LogP contribution in [0, 0.1) is 0 Å². The summed E-state index contributed by atoms with van der Waals surface area (Å²) in [6, 6.07) is 14.3. The highest BCUT2D eigenvalue weighted by Crippen LogP contribution is 2.19. The van der Waals surface area contributed by atoms with Crippen molar-refractivity contribution < 1.29 is 19.4 Å². The minimum Gasteiger partial charge on any atom is -0.546 e. The third-order valence-electron chi connectivity index (χ3n) is 3.37. The Kier molecular flexibility index (Phi) is 6.06. The molecule has 0 fully saturated rings. The number of carboxylic acids is 1. The number of ether oxygens (including phenoxy) is 1.